The number of hydrogen-bond acceptors (Lipinski definition) is 2. The van der Waals surface area contributed by atoms with Crippen LogP contribution in [-0.2, 0) is 0 Å². The lowest BCUT2D eigenvalue weighted by Crippen LogP contribution is -2.42. The molecule has 0 bridgehead atoms. The second-order valence-corrected chi connectivity index (χ2v) is 5.15. The number of rotatable bonds is 2. The molecule has 1 aliphatic rings. The normalized spacial score (nSPS) is 20.4. The first-order valence-electron chi connectivity index (χ1n) is 6.10. The van der Waals surface area contributed by atoms with E-state index in [0.717, 1.165) is 0 Å². The Morgan fingerprint density at radius 2 is 2.00 bits per heavy atom. The van der Waals surface area contributed by atoms with E-state index in [1.807, 2.05) is 0 Å². The Bertz CT molecular complexity index is 473. The molecule has 0 aromatic heterocycles. The van der Waals surface area contributed by atoms with E-state index in [0.29, 0.717) is 24.2 Å². The Morgan fingerprint density at radius 3 is 2.63 bits per heavy atom. The molecule has 1 saturated heterocycles. The van der Waals surface area contributed by atoms with Crippen molar-refractivity contribution in [2.45, 2.75) is 19.0 Å². The van der Waals surface area contributed by atoms with Gasteiger partial charge in [-0.15, -0.1) is 0 Å². The van der Waals surface area contributed by atoms with Crippen molar-refractivity contribution < 1.29 is 13.2 Å². The number of anilines is 1. The van der Waals surface area contributed by atoms with E-state index < -0.39 is 12.1 Å². The van der Waals surface area contributed by atoms with Gasteiger partial charge >= 0.3 is 6.18 Å². The molecule has 2 N–H and O–H groups in total. The first-order chi connectivity index (χ1) is 8.89. The third kappa shape index (κ3) is 3.18. The number of halogens is 3. The number of nitrogens with zero attached hydrogens (tertiary/aromatic N) is 1. The van der Waals surface area contributed by atoms with Crippen molar-refractivity contribution in [3.63, 3.8) is 0 Å². The van der Waals surface area contributed by atoms with Gasteiger partial charge in [-0.05, 0) is 25.0 Å². The van der Waals surface area contributed by atoms with Crippen LogP contribution < -0.4 is 10.6 Å². The summed E-state index contributed by atoms with van der Waals surface area (Å²) < 4.78 is 38.4. The summed E-state index contributed by atoms with van der Waals surface area (Å²) in [5.41, 5.74) is 6.96. The lowest BCUT2D eigenvalue weighted by Gasteiger charge is -2.36. The zero-order valence-corrected chi connectivity index (χ0v) is 11.1. The molecule has 6 heteroatoms. The molecule has 1 atom stereocenters. The molecule has 104 valence electrons. The summed E-state index contributed by atoms with van der Waals surface area (Å²) in [7, 11) is 0. The van der Waals surface area contributed by atoms with E-state index >= 15 is 0 Å². The molecule has 0 saturated carbocycles. The SMILES string of the molecule is NC(=S)c1ccccc1N1CCCC(C(F)(F)F)C1. The molecule has 1 aromatic rings. The number of para-hydroxylation sites is 1. The van der Waals surface area contributed by atoms with E-state index in [4.69, 9.17) is 18.0 Å². The Kier molecular flexibility index (Phi) is 3.99. The lowest BCUT2D eigenvalue weighted by molar-refractivity contribution is -0.175. The maximum atomic E-state index is 12.8. The van der Waals surface area contributed by atoms with Crippen molar-refractivity contribution in [1.82, 2.24) is 0 Å². The van der Waals surface area contributed by atoms with Crippen LogP contribution in [0.1, 0.15) is 18.4 Å². The minimum atomic E-state index is -4.14. The first-order valence-corrected chi connectivity index (χ1v) is 6.51. The standard InChI is InChI=1S/C13H15F3N2S/c14-13(15,16)9-4-3-7-18(8-9)11-6-2-1-5-10(11)12(17)19/h1-2,5-6,9H,3-4,7-8H2,(H2,17,19). The molecule has 1 fully saturated rings. The highest BCUT2D eigenvalue weighted by molar-refractivity contribution is 7.80. The molecule has 1 aromatic carbocycles. The molecule has 0 amide bonds. The number of thiocarbonyl (C=S) groups is 1. The second-order valence-electron chi connectivity index (χ2n) is 4.71. The summed E-state index contributed by atoms with van der Waals surface area (Å²) in [6, 6.07) is 7.08. The first kappa shape index (κ1) is 14.1. The van der Waals surface area contributed by atoms with Crippen molar-refractivity contribution in [1.29, 1.82) is 0 Å². The summed E-state index contributed by atoms with van der Waals surface area (Å²) >= 11 is 4.95. The fraction of sp³-hybridized carbons (Fsp3) is 0.462. The maximum Gasteiger partial charge on any atom is 0.393 e. The van der Waals surface area contributed by atoms with Gasteiger partial charge in [-0.1, -0.05) is 24.4 Å². The van der Waals surface area contributed by atoms with Crippen molar-refractivity contribution in [2.24, 2.45) is 11.7 Å². The molecular formula is C13H15F3N2S. The lowest BCUT2D eigenvalue weighted by atomic mass is 9.96. The van der Waals surface area contributed by atoms with Gasteiger partial charge in [-0.3, -0.25) is 0 Å². The van der Waals surface area contributed by atoms with Crippen molar-refractivity contribution in [2.75, 3.05) is 18.0 Å². The molecule has 1 unspecified atom stereocenters. The number of benzene rings is 1. The minimum absolute atomic E-state index is 0.0247. The molecular weight excluding hydrogens is 273 g/mol. The van der Waals surface area contributed by atoms with Gasteiger partial charge in [-0.25, -0.2) is 0 Å². The Balaban J connectivity index is 2.25. The van der Waals surface area contributed by atoms with Crippen LogP contribution in [0.2, 0.25) is 0 Å². The molecule has 0 spiro atoms. The van der Waals surface area contributed by atoms with Crippen LogP contribution in [0.3, 0.4) is 0 Å². The Morgan fingerprint density at radius 1 is 1.32 bits per heavy atom. The van der Waals surface area contributed by atoms with Crippen LogP contribution in [-0.4, -0.2) is 24.3 Å². The van der Waals surface area contributed by atoms with Gasteiger partial charge in [0.2, 0.25) is 0 Å². The average Bonchev–Trinajstić information content (AvgIpc) is 2.38. The van der Waals surface area contributed by atoms with E-state index in [1.54, 1.807) is 29.2 Å². The number of piperidine rings is 1. The summed E-state index contributed by atoms with van der Waals surface area (Å²) in [5.74, 6) is -1.28. The summed E-state index contributed by atoms with van der Waals surface area (Å²) in [5, 5.41) is 0. The third-order valence-corrected chi connectivity index (χ3v) is 3.61. The fourth-order valence-electron chi connectivity index (χ4n) is 2.42. The van der Waals surface area contributed by atoms with Crippen molar-refractivity contribution in [3.05, 3.63) is 29.8 Å². The summed E-state index contributed by atoms with van der Waals surface area (Å²) in [4.78, 5) is 1.95. The van der Waals surface area contributed by atoms with E-state index in [1.165, 1.54) is 0 Å². The summed E-state index contributed by atoms with van der Waals surface area (Å²) in [6.45, 7) is 0.579. The van der Waals surface area contributed by atoms with Crippen LogP contribution >= 0.6 is 12.2 Å². The number of alkyl halides is 3. The Labute approximate surface area is 115 Å². The second kappa shape index (κ2) is 5.36. The zero-order valence-electron chi connectivity index (χ0n) is 10.3. The van der Waals surface area contributed by atoms with Crippen LogP contribution in [0, 0.1) is 5.92 Å². The quantitative estimate of drug-likeness (QED) is 0.848. The van der Waals surface area contributed by atoms with Crippen molar-refractivity contribution >= 4 is 22.9 Å². The molecule has 1 heterocycles. The average molecular weight is 288 g/mol. The third-order valence-electron chi connectivity index (χ3n) is 3.39. The van der Waals surface area contributed by atoms with Gasteiger partial charge in [0.25, 0.3) is 0 Å². The zero-order chi connectivity index (χ0) is 14.0. The predicted molar refractivity (Wildman–Crippen MR) is 73.3 cm³/mol. The van der Waals surface area contributed by atoms with Gasteiger partial charge in [0.1, 0.15) is 4.99 Å². The van der Waals surface area contributed by atoms with Crippen LogP contribution in [0.4, 0.5) is 18.9 Å². The van der Waals surface area contributed by atoms with Crippen LogP contribution in [0.5, 0.6) is 0 Å². The monoisotopic (exact) mass is 288 g/mol. The van der Waals surface area contributed by atoms with Crippen LogP contribution in [0.25, 0.3) is 0 Å². The fourth-order valence-corrected chi connectivity index (χ4v) is 2.59. The van der Waals surface area contributed by atoms with Gasteiger partial charge in [0.05, 0.1) is 5.92 Å². The van der Waals surface area contributed by atoms with Gasteiger partial charge < -0.3 is 10.6 Å². The van der Waals surface area contributed by atoms with E-state index in [2.05, 4.69) is 0 Å². The smallest absolute Gasteiger partial charge is 0.389 e. The van der Waals surface area contributed by atoms with Crippen molar-refractivity contribution in [3.8, 4) is 0 Å². The van der Waals surface area contributed by atoms with E-state index in [9.17, 15) is 13.2 Å². The predicted octanol–water partition coefficient (Wildman–Crippen LogP) is 3.10. The highest BCUT2D eigenvalue weighted by Crippen LogP contribution is 2.35. The van der Waals surface area contributed by atoms with Crippen LogP contribution in [0.15, 0.2) is 24.3 Å². The summed E-state index contributed by atoms with van der Waals surface area (Å²) in [6.07, 6.45) is -3.43. The van der Waals surface area contributed by atoms with Gasteiger partial charge in [0, 0.05) is 24.3 Å². The minimum Gasteiger partial charge on any atom is -0.389 e. The molecule has 0 aliphatic carbocycles. The van der Waals surface area contributed by atoms with Gasteiger partial charge in [0.15, 0.2) is 0 Å². The molecule has 2 nitrogen and oxygen atoms in total. The molecule has 0 radical (unpaired) electrons. The van der Waals surface area contributed by atoms with E-state index in [-0.39, 0.29) is 18.0 Å². The van der Waals surface area contributed by atoms with Gasteiger partial charge in [-0.2, -0.15) is 13.2 Å². The topological polar surface area (TPSA) is 29.3 Å². The molecule has 2 rings (SSSR count). The largest absolute Gasteiger partial charge is 0.393 e. The highest BCUT2D eigenvalue weighted by atomic mass is 32.1. The maximum absolute atomic E-state index is 12.8. The number of hydrogen-bond donors (Lipinski definition) is 1. The Hall–Kier alpha value is -1.30. The molecule has 19 heavy (non-hydrogen) atoms. The molecule has 1 aliphatic heterocycles. The number of nitrogens with two attached hydrogens (primary N) is 1. The highest BCUT2D eigenvalue weighted by Gasteiger charge is 2.42.